The summed E-state index contributed by atoms with van der Waals surface area (Å²) in [6.45, 7) is 2.27. The molecule has 0 aliphatic rings. The molecule has 0 saturated heterocycles. The molecule has 2 N–H and O–H groups in total. The van der Waals surface area contributed by atoms with Gasteiger partial charge in [-0.25, -0.2) is 18.1 Å². The first kappa shape index (κ1) is 14.4. The molecule has 0 fully saturated rings. The quantitative estimate of drug-likeness (QED) is 0.790. The molecule has 1 aromatic heterocycles. The Bertz CT molecular complexity index is 600. The van der Waals surface area contributed by atoms with E-state index in [0.717, 1.165) is 13.1 Å². The van der Waals surface area contributed by atoms with Crippen molar-refractivity contribution >= 4 is 39.1 Å². The number of halogens is 1. The first-order valence-electron chi connectivity index (χ1n) is 4.69. The molecule has 2 amide bonds. The minimum absolute atomic E-state index is 0.0144. The lowest BCUT2D eigenvalue weighted by molar-refractivity contribution is -0.117. The number of carbonyl (C=O) groups is 2. The van der Waals surface area contributed by atoms with Crippen LogP contribution in [0.15, 0.2) is 17.2 Å². The zero-order valence-electron chi connectivity index (χ0n) is 9.52. The SMILES string of the molecule is CC(=O)Nc1cc(Cl)ncc1S(=O)(=O)NC(C)=O. The predicted molar refractivity (Wildman–Crippen MR) is 64.6 cm³/mol. The standard InChI is InChI=1S/C9H10ClN3O4S/c1-5(14)12-7-3-9(10)11-4-8(7)18(16,17)13-6(2)15/h3-4H,1-2H3,(H,13,15)(H,11,12,14). The Morgan fingerprint density at radius 3 is 2.39 bits per heavy atom. The van der Waals surface area contributed by atoms with Gasteiger partial charge in [0.1, 0.15) is 10.0 Å². The van der Waals surface area contributed by atoms with Crippen molar-refractivity contribution in [2.75, 3.05) is 5.32 Å². The van der Waals surface area contributed by atoms with Crippen LogP contribution in [-0.4, -0.2) is 25.2 Å². The van der Waals surface area contributed by atoms with E-state index in [1.165, 1.54) is 13.0 Å². The number of pyridine rings is 1. The van der Waals surface area contributed by atoms with Gasteiger partial charge in [-0.2, -0.15) is 0 Å². The van der Waals surface area contributed by atoms with E-state index in [9.17, 15) is 18.0 Å². The predicted octanol–water partition coefficient (Wildman–Crippen LogP) is 0.518. The number of hydrogen-bond acceptors (Lipinski definition) is 5. The Morgan fingerprint density at radius 1 is 1.28 bits per heavy atom. The number of rotatable bonds is 3. The molecule has 0 saturated carbocycles. The fourth-order valence-electron chi connectivity index (χ4n) is 1.16. The number of hydrogen-bond donors (Lipinski definition) is 2. The first-order valence-corrected chi connectivity index (χ1v) is 6.55. The van der Waals surface area contributed by atoms with Gasteiger partial charge in [-0.1, -0.05) is 11.6 Å². The van der Waals surface area contributed by atoms with Crippen LogP contribution in [0.3, 0.4) is 0 Å². The van der Waals surface area contributed by atoms with E-state index in [1.807, 2.05) is 0 Å². The molecule has 0 bridgehead atoms. The van der Waals surface area contributed by atoms with Crippen LogP contribution in [0.4, 0.5) is 5.69 Å². The molecule has 0 spiro atoms. The van der Waals surface area contributed by atoms with Gasteiger partial charge >= 0.3 is 0 Å². The number of nitrogens with zero attached hydrogens (tertiary/aromatic N) is 1. The Hall–Kier alpha value is -1.67. The van der Waals surface area contributed by atoms with E-state index < -0.39 is 21.8 Å². The molecule has 0 unspecified atom stereocenters. The van der Waals surface area contributed by atoms with Crippen LogP contribution >= 0.6 is 11.6 Å². The summed E-state index contributed by atoms with van der Waals surface area (Å²) in [6.07, 6.45) is 0.957. The van der Waals surface area contributed by atoms with Gasteiger partial charge in [0.2, 0.25) is 11.8 Å². The van der Waals surface area contributed by atoms with Crippen LogP contribution in [0.25, 0.3) is 0 Å². The molecular weight excluding hydrogens is 282 g/mol. The number of nitrogens with one attached hydrogen (secondary N) is 2. The molecule has 1 heterocycles. The van der Waals surface area contributed by atoms with Gasteiger partial charge < -0.3 is 5.32 Å². The van der Waals surface area contributed by atoms with E-state index in [0.29, 0.717) is 0 Å². The molecular formula is C9H10ClN3O4S. The largest absolute Gasteiger partial charge is 0.325 e. The number of sulfonamides is 1. The highest BCUT2D eigenvalue weighted by Crippen LogP contribution is 2.23. The molecule has 18 heavy (non-hydrogen) atoms. The second-order valence-electron chi connectivity index (χ2n) is 3.35. The average molecular weight is 292 g/mol. The summed E-state index contributed by atoms with van der Waals surface area (Å²) in [5.74, 6) is -1.23. The Balaban J connectivity index is 3.31. The minimum atomic E-state index is -4.09. The lowest BCUT2D eigenvalue weighted by Gasteiger charge is -2.10. The zero-order chi connectivity index (χ0) is 13.9. The Labute approximate surface area is 109 Å². The fourth-order valence-corrected chi connectivity index (χ4v) is 2.40. The van der Waals surface area contributed by atoms with Crippen LogP contribution in [-0.2, 0) is 19.6 Å². The third kappa shape index (κ3) is 3.67. The molecule has 0 aromatic carbocycles. The van der Waals surface area contributed by atoms with E-state index in [-0.39, 0.29) is 15.7 Å². The monoisotopic (exact) mass is 291 g/mol. The van der Waals surface area contributed by atoms with Gasteiger partial charge in [-0.3, -0.25) is 9.59 Å². The number of amides is 2. The maximum atomic E-state index is 11.8. The topological polar surface area (TPSA) is 105 Å². The smallest absolute Gasteiger partial charge is 0.267 e. The third-order valence-corrected chi connectivity index (χ3v) is 3.38. The average Bonchev–Trinajstić information content (AvgIpc) is 2.13. The third-order valence-electron chi connectivity index (χ3n) is 1.71. The molecule has 0 aliphatic heterocycles. The highest BCUT2D eigenvalue weighted by atomic mass is 35.5. The van der Waals surface area contributed by atoms with E-state index in [4.69, 9.17) is 11.6 Å². The molecule has 7 nitrogen and oxygen atoms in total. The normalized spacial score (nSPS) is 10.8. The molecule has 9 heteroatoms. The van der Waals surface area contributed by atoms with Crippen LogP contribution in [0, 0.1) is 0 Å². The fraction of sp³-hybridized carbons (Fsp3) is 0.222. The van der Waals surface area contributed by atoms with Crippen molar-refractivity contribution in [1.29, 1.82) is 0 Å². The molecule has 1 aromatic rings. The summed E-state index contributed by atoms with van der Waals surface area (Å²) < 4.78 is 25.3. The molecule has 0 radical (unpaired) electrons. The first-order chi connectivity index (χ1) is 8.22. The zero-order valence-corrected chi connectivity index (χ0v) is 11.1. The van der Waals surface area contributed by atoms with Crippen molar-refractivity contribution in [2.45, 2.75) is 18.7 Å². The van der Waals surface area contributed by atoms with Crippen molar-refractivity contribution in [2.24, 2.45) is 0 Å². The van der Waals surface area contributed by atoms with Crippen molar-refractivity contribution < 1.29 is 18.0 Å². The van der Waals surface area contributed by atoms with Gasteiger partial charge in [0, 0.05) is 19.9 Å². The van der Waals surface area contributed by atoms with Crippen LogP contribution in [0.5, 0.6) is 0 Å². The second-order valence-corrected chi connectivity index (χ2v) is 5.38. The summed E-state index contributed by atoms with van der Waals surface area (Å²) >= 11 is 5.61. The molecule has 0 aliphatic carbocycles. The highest BCUT2D eigenvalue weighted by Gasteiger charge is 2.21. The van der Waals surface area contributed by atoms with Crippen molar-refractivity contribution in [3.05, 3.63) is 17.4 Å². The van der Waals surface area contributed by atoms with Gasteiger partial charge in [-0.05, 0) is 0 Å². The summed E-state index contributed by atoms with van der Waals surface area (Å²) in [7, 11) is -4.09. The summed E-state index contributed by atoms with van der Waals surface area (Å²) in [6, 6.07) is 1.18. The number of carbonyl (C=O) groups excluding carboxylic acids is 2. The molecule has 0 atom stereocenters. The summed E-state index contributed by atoms with van der Waals surface area (Å²) in [4.78, 5) is 25.0. The second kappa shape index (κ2) is 5.32. The lowest BCUT2D eigenvalue weighted by Crippen LogP contribution is -2.29. The van der Waals surface area contributed by atoms with Gasteiger partial charge in [0.25, 0.3) is 10.0 Å². The van der Waals surface area contributed by atoms with Gasteiger partial charge in [-0.15, -0.1) is 0 Å². The van der Waals surface area contributed by atoms with Crippen LogP contribution in [0.2, 0.25) is 5.15 Å². The van der Waals surface area contributed by atoms with E-state index in [2.05, 4.69) is 10.3 Å². The van der Waals surface area contributed by atoms with Crippen molar-refractivity contribution in [3.63, 3.8) is 0 Å². The molecule has 98 valence electrons. The summed E-state index contributed by atoms with van der Waals surface area (Å²) in [5.41, 5.74) is -0.0451. The van der Waals surface area contributed by atoms with Crippen molar-refractivity contribution in [3.8, 4) is 0 Å². The van der Waals surface area contributed by atoms with Crippen LogP contribution in [0.1, 0.15) is 13.8 Å². The Kier molecular flexibility index (Phi) is 4.25. The summed E-state index contributed by atoms with van der Waals surface area (Å²) in [5, 5.41) is 2.31. The highest BCUT2D eigenvalue weighted by molar-refractivity contribution is 7.90. The maximum Gasteiger partial charge on any atom is 0.267 e. The van der Waals surface area contributed by atoms with E-state index >= 15 is 0 Å². The van der Waals surface area contributed by atoms with Crippen LogP contribution < -0.4 is 10.0 Å². The Morgan fingerprint density at radius 2 is 1.89 bits per heavy atom. The number of aromatic nitrogens is 1. The lowest BCUT2D eigenvalue weighted by atomic mass is 10.4. The van der Waals surface area contributed by atoms with Crippen molar-refractivity contribution in [1.82, 2.24) is 9.71 Å². The number of anilines is 1. The molecule has 1 rings (SSSR count). The maximum absolute atomic E-state index is 11.8. The minimum Gasteiger partial charge on any atom is -0.325 e. The van der Waals surface area contributed by atoms with Gasteiger partial charge in [0.05, 0.1) is 11.9 Å². The van der Waals surface area contributed by atoms with E-state index in [1.54, 1.807) is 4.72 Å². The van der Waals surface area contributed by atoms with Gasteiger partial charge in [0.15, 0.2) is 0 Å².